The Balaban J connectivity index is 0.00000245. The highest BCUT2D eigenvalue weighted by Gasteiger charge is 2.23. The molecule has 7 nitrogen and oxygen atoms in total. The maximum atomic E-state index is 12.6. The van der Waals surface area contributed by atoms with E-state index >= 15 is 0 Å². The lowest BCUT2D eigenvalue weighted by Crippen LogP contribution is -2.17. The third-order valence-electron chi connectivity index (χ3n) is 5.47. The van der Waals surface area contributed by atoms with Gasteiger partial charge in [0, 0.05) is 18.1 Å². The summed E-state index contributed by atoms with van der Waals surface area (Å²) in [6, 6.07) is 18.2. The normalized spacial score (nSPS) is 13.0. The first kappa shape index (κ1) is 21.5. The van der Waals surface area contributed by atoms with Crippen LogP contribution in [0.3, 0.4) is 0 Å². The number of hydrogen-bond donors (Lipinski definition) is 1. The van der Waals surface area contributed by atoms with Gasteiger partial charge in [-0.25, -0.2) is 4.98 Å². The van der Waals surface area contributed by atoms with Gasteiger partial charge in [0.2, 0.25) is 0 Å². The van der Waals surface area contributed by atoms with Crippen LogP contribution in [0, 0.1) is 5.92 Å². The first-order valence-electron chi connectivity index (χ1n) is 10.5. The first-order chi connectivity index (χ1) is 15.2. The number of ether oxygens (including phenoxy) is 1. The number of aromatic nitrogens is 4. The Bertz CT molecular complexity index is 1290. The lowest BCUT2D eigenvalue weighted by molar-refractivity contribution is 0.0973. The van der Waals surface area contributed by atoms with Crippen molar-refractivity contribution in [3.05, 3.63) is 82.3 Å². The molecule has 2 aromatic heterocycles. The van der Waals surface area contributed by atoms with Gasteiger partial charge in [0.1, 0.15) is 12.4 Å². The second-order valence-electron chi connectivity index (χ2n) is 7.85. The van der Waals surface area contributed by atoms with Gasteiger partial charge in [0.05, 0.1) is 11.3 Å². The molecule has 0 radical (unpaired) electrons. The van der Waals surface area contributed by atoms with E-state index in [1.807, 2.05) is 42.5 Å². The van der Waals surface area contributed by atoms with Crippen molar-refractivity contribution in [1.29, 1.82) is 0 Å². The number of ketones is 1. The summed E-state index contributed by atoms with van der Waals surface area (Å²) in [5.41, 5.74) is 1.62. The molecule has 0 bridgehead atoms. The average Bonchev–Trinajstić information content (AvgIpc) is 3.53. The molecule has 4 aromatic rings. The average molecular weight is 431 g/mol. The van der Waals surface area contributed by atoms with Crippen LogP contribution in [0.2, 0.25) is 0 Å². The summed E-state index contributed by atoms with van der Waals surface area (Å²) in [6.45, 7) is 0.0756. The van der Waals surface area contributed by atoms with Gasteiger partial charge in [-0.05, 0) is 24.5 Å². The topological polar surface area (TPSA) is 89.4 Å². The minimum atomic E-state index is -0.271. The van der Waals surface area contributed by atoms with E-state index in [0.29, 0.717) is 35.2 Å². The van der Waals surface area contributed by atoms with Crippen LogP contribution in [-0.4, -0.2) is 25.4 Å². The van der Waals surface area contributed by atoms with Crippen LogP contribution in [0.15, 0.2) is 65.5 Å². The molecule has 2 heterocycles. The number of carbonyl (C=O) groups excluding carboxylic acids is 1. The van der Waals surface area contributed by atoms with Crippen molar-refractivity contribution in [2.75, 3.05) is 0 Å². The van der Waals surface area contributed by atoms with Crippen LogP contribution in [-0.2, 0) is 6.61 Å². The summed E-state index contributed by atoms with van der Waals surface area (Å²) in [5.74, 6) is 2.15. The molecular formula is C25H26N4O3. The minimum Gasteiger partial charge on any atom is -0.487 e. The maximum Gasteiger partial charge on any atom is 0.274 e. The Morgan fingerprint density at radius 2 is 1.81 bits per heavy atom. The fourth-order valence-electron chi connectivity index (χ4n) is 3.58. The zero-order valence-electron chi connectivity index (χ0n) is 17.0. The van der Waals surface area contributed by atoms with Gasteiger partial charge in [-0.15, -0.1) is 0 Å². The molecule has 0 atom stereocenters. The zero-order valence-corrected chi connectivity index (χ0v) is 17.0. The predicted molar refractivity (Wildman–Crippen MR) is 123 cm³/mol. The third-order valence-corrected chi connectivity index (χ3v) is 5.47. The maximum absolute atomic E-state index is 12.6. The lowest BCUT2D eigenvalue weighted by Gasteiger charge is -2.10. The van der Waals surface area contributed by atoms with E-state index in [0.717, 1.165) is 12.0 Å². The van der Waals surface area contributed by atoms with E-state index in [1.165, 1.54) is 23.4 Å². The second-order valence-corrected chi connectivity index (χ2v) is 7.85. The van der Waals surface area contributed by atoms with Gasteiger partial charge in [0.15, 0.2) is 11.6 Å². The van der Waals surface area contributed by atoms with Gasteiger partial charge < -0.3 is 4.74 Å². The molecule has 5 rings (SSSR count). The summed E-state index contributed by atoms with van der Waals surface area (Å²) < 4.78 is 7.20. The highest BCUT2D eigenvalue weighted by Crippen LogP contribution is 2.34. The summed E-state index contributed by atoms with van der Waals surface area (Å²) in [7, 11) is 0. The minimum absolute atomic E-state index is 0. The molecule has 0 aliphatic heterocycles. The number of fused-ring (bicyclic) bond motifs is 1. The number of benzene rings is 2. The van der Waals surface area contributed by atoms with Gasteiger partial charge >= 0.3 is 0 Å². The predicted octanol–water partition coefficient (Wildman–Crippen LogP) is 4.67. The van der Waals surface area contributed by atoms with Crippen molar-refractivity contribution in [2.45, 2.75) is 39.7 Å². The second kappa shape index (κ2) is 9.18. The van der Waals surface area contributed by atoms with Crippen LogP contribution in [0.5, 0.6) is 5.75 Å². The highest BCUT2D eigenvalue weighted by molar-refractivity contribution is 5.98. The van der Waals surface area contributed by atoms with E-state index in [9.17, 15) is 9.59 Å². The molecule has 164 valence electrons. The molecule has 1 N–H and O–H groups in total. The van der Waals surface area contributed by atoms with Gasteiger partial charge in [0.25, 0.3) is 11.3 Å². The summed E-state index contributed by atoms with van der Waals surface area (Å²) >= 11 is 0. The fourth-order valence-corrected chi connectivity index (χ4v) is 3.58. The fraction of sp³-hybridized carbons (Fsp3) is 0.280. The standard InChI is InChI=1S/C24H22N4O3.CH4/c29-20(13-12-16-10-11-16)19-8-4-5-9-21(19)31-15-18-14-22(30)28-24(25-18)26-23(27-28)17-6-2-1-3-7-17;/h1-9,14,16H,10-13,15H2,(H,25,26,27);1H4. The summed E-state index contributed by atoms with van der Waals surface area (Å²) in [5, 5.41) is 2.98. The molecule has 0 unspecified atom stereocenters. The van der Waals surface area contributed by atoms with E-state index in [-0.39, 0.29) is 31.2 Å². The first-order valence-corrected chi connectivity index (χ1v) is 10.5. The number of H-pyrrole nitrogens is 1. The SMILES string of the molecule is C.O=C(CCC1CC1)c1ccccc1OCc1cc(=O)n2[nH]c(-c3ccccc3)nc2n1. The largest absolute Gasteiger partial charge is 0.487 e. The van der Waals surface area contributed by atoms with Crippen molar-refractivity contribution in [1.82, 2.24) is 19.6 Å². The number of Topliss-reactive ketones (excluding diaryl/α,β-unsaturated/α-hetero) is 1. The molecule has 0 spiro atoms. The lowest BCUT2D eigenvalue weighted by atomic mass is 10.0. The molecule has 7 heteroatoms. The van der Waals surface area contributed by atoms with Crippen molar-refractivity contribution in [3.8, 4) is 17.1 Å². The highest BCUT2D eigenvalue weighted by atomic mass is 16.5. The number of rotatable bonds is 8. The van der Waals surface area contributed by atoms with Gasteiger partial charge in [-0.3, -0.25) is 14.7 Å². The number of para-hydroxylation sites is 1. The molecule has 1 saturated carbocycles. The number of nitrogens with zero attached hydrogens (tertiary/aromatic N) is 3. The Morgan fingerprint density at radius 3 is 2.59 bits per heavy atom. The number of nitrogens with one attached hydrogen (secondary N) is 1. The van der Waals surface area contributed by atoms with E-state index in [1.54, 1.807) is 12.1 Å². The molecule has 1 aliphatic rings. The van der Waals surface area contributed by atoms with Crippen molar-refractivity contribution < 1.29 is 9.53 Å². The summed E-state index contributed by atoms with van der Waals surface area (Å²) in [6.07, 6.45) is 3.93. The third kappa shape index (κ3) is 4.61. The Hall–Kier alpha value is -3.74. The van der Waals surface area contributed by atoms with Crippen LogP contribution in [0.25, 0.3) is 17.2 Å². The van der Waals surface area contributed by atoms with E-state index in [2.05, 4.69) is 15.1 Å². The number of aromatic amines is 1. The van der Waals surface area contributed by atoms with Gasteiger partial charge in [-0.2, -0.15) is 9.50 Å². The molecule has 0 amide bonds. The zero-order chi connectivity index (χ0) is 21.2. The van der Waals surface area contributed by atoms with Crippen LogP contribution < -0.4 is 10.3 Å². The van der Waals surface area contributed by atoms with Crippen LogP contribution in [0.4, 0.5) is 0 Å². The van der Waals surface area contributed by atoms with Crippen LogP contribution in [0.1, 0.15) is 49.2 Å². The molecule has 32 heavy (non-hydrogen) atoms. The number of carbonyl (C=O) groups is 1. The van der Waals surface area contributed by atoms with Crippen molar-refractivity contribution in [3.63, 3.8) is 0 Å². The van der Waals surface area contributed by atoms with Crippen molar-refractivity contribution >= 4 is 11.6 Å². The Morgan fingerprint density at radius 1 is 1.06 bits per heavy atom. The molecule has 0 saturated heterocycles. The molecular weight excluding hydrogens is 404 g/mol. The monoisotopic (exact) mass is 430 g/mol. The van der Waals surface area contributed by atoms with Gasteiger partial charge in [-0.1, -0.05) is 62.7 Å². The Kier molecular flexibility index (Phi) is 6.16. The van der Waals surface area contributed by atoms with Crippen molar-refractivity contribution in [2.24, 2.45) is 5.92 Å². The molecule has 2 aromatic carbocycles. The van der Waals surface area contributed by atoms with E-state index < -0.39 is 0 Å². The van der Waals surface area contributed by atoms with E-state index in [4.69, 9.17) is 4.74 Å². The Labute approximate surface area is 186 Å². The van der Waals surface area contributed by atoms with Crippen LogP contribution >= 0.6 is 0 Å². The smallest absolute Gasteiger partial charge is 0.274 e. The molecule has 1 aliphatic carbocycles. The quantitative estimate of drug-likeness (QED) is 0.410. The summed E-state index contributed by atoms with van der Waals surface area (Å²) in [4.78, 5) is 34.0. The molecule has 1 fully saturated rings. The number of hydrogen-bond acceptors (Lipinski definition) is 5.